The number of nitriles is 1. The molecule has 1 aromatic carbocycles. The van der Waals surface area contributed by atoms with Crippen molar-refractivity contribution in [2.45, 2.75) is 19.1 Å². The molecule has 0 radical (unpaired) electrons. The molecule has 0 unspecified atom stereocenters. The number of pyridine rings is 1. The molecule has 2 aromatic rings. The Balaban J connectivity index is 1.55. The van der Waals surface area contributed by atoms with Crippen LogP contribution in [0.25, 0.3) is 10.9 Å². The minimum absolute atomic E-state index is 0.0797. The third kappa shape index (κ3) is 3.59. The Kier molecular flexibility index (Phi) is 4.92. The number of nitrogens with zero attached hydrogens (tertiary/aromatic N) is 3. The molecule has 2 saturated heterocycles. The Labute approximate surface area is 157 Å². The Morgan fingerprint density at radius 1 is 1.37 bits per heavy atom. The van der Waals surface area contributed by atoms with Gasteiger partial charge in [-0.25, -0.2) is 0 Å². The maximum atomic E-state index is 12.6. The van der Waals surface area contributed by atoms with E-state index in [4.69, 9.17) is 9.47 Å². The SMILES string of the molecule is C[C@@H]1CN(c2ccc(C#N)c3ncccc23)C[C@H](C(=O)NCC2COC2)O1. The van der Waals surface area contributed by atoms with Crippen LogP contribution >= 0.6 is 0 Å². The third-order valence-corrected chi connectivity index (χ3v) is 5.03. The van der Waals surface area contributed by atoms with Crippen molar-refractivity contribution in [3.05, 3.63) is 36.0 Å². The van der Waals surface area contributed by atoms with Crippen molar-refractivity contribution in [1.29, 1.82) is 5.26 Å². The molecule has 1 aromatic heterocycles. The van der Waals surface area contributed by atoms with Crippen LogP contribution in [0, 0.1) is 17.2 Å². The Hall–Kier alpha value is -2.69. The summed E-state index contributed by atoms with van der Waals surface area (Å²) in [6.07, 6.45) is 1.08. The van der Waals surface area contributed by atoms with Crippen LogP contribution in [0.15, 0.2) is 30.5 Å². The molecule has 3 heterocycles. The second kappa shape index (κ2) is 7.51. The molecule has 27 heavy (non-hydrogen) atoms. The zero-order chi connectivity index (χ0) is 18.8. The summed E-state index contributed by atoms with van der Waals surface area (Å²) >= 11 is 0. The van der Waals surface area contributed by atoms with E-state index in [0.29, 0.717) is 49.8 Å². The minimum Gasteiger partial charge on any atom is -0.381 e. The number of ether oxygens (including phenoxy) is 2. The van der Waals surface area contributed by atoms with Gasteiger partial charge < -0.3 is 19.7 Å². The predicted molar refractivity (Wildman–Crippen MR) is 100 cm³/mol. The van der Waals surface area contributed by atoms with Gasteiger partial charge in [0.2, 0.25) is 0 Å². The molecule has 0 bridgehead atoms. The number of hydrogen-bond acceptors (Lipinski definition) is 6. The molecule has 7 heteroatoms. The van der Waals surface area contributed by atoms with Gasteiger partial charge in [0, 0.05) is 36.3 Å². The van der Waals surface area contributed by atoms with E-state index in [2.05, 4.69) is 21.3 Å². The van der Waals surface area contributed by atoms with Crippen molar-refractivity contribution in [2.75, 3.05) is 37.7 Å². The van der Waals surface area contributed by atoms with Crippen LogP contribution in [0.4, 0.5) is 5.69 Å². The van der Waals surface area contributed by atoms with E-state index in [0.717, 1.165) is 11.1 Å². The summed E-state index contributed by atoms with van der Waals surface area (Å²) < 4.78 is 11.0. The number of carbonyl (C=O) groups is 1. The van der Waals surface area contributed by atoms with Crippen molar-refractivity contribution in [3.63, 3.8) is 0 Å². The van der Waals surface area contributed by atoms with E-state index in [1.165, 1.54) is 0 Å². The summed E-state index contributed by atoms with van der Waals surface area (Å²) in [7, 11) is 0. The fourth-order valence-electron chi connectivity index (χ4n) is 3.58. The highest BCUT2D eigenvalue weighted by Gasteiger charge is 2.32. The fraction of sp³-hybridized carbons (Fsp3) is 0.450. The lowest BCUT2D eigenvalue weighted by Gasteiger charge is -2.38. The first-order valence-electron chi connectivity index (χ1n) is 9.19. The normalized spacial score (nSPS) is 22.9. The van der Waals surface area contributed by atoms with Gasteiger partial charge in [-0.1, -0.05) is 0 Å². The lowest BCUT2D eigenvalue weighted by atomic mass is 10.1. The number of nitrogens with one attached hydrogen (secondary N) is 1. The summed E-state index contributed by atoms with van der Waals surface area (Å²) in [5.41, 5.74) is 2.20. The second-order valence-corrected chi connectivity index (χ2v) is 7.13. The number of carbonyl (C=O) groups excluding carboxylic acids is 1. The van der Waals surface area contributed by atoms with E-state index >= 15 is 0 Å². The number of anilines is 1. The van der Waals surface area contributed by atoms with Crippen molar-refractivity contribution in [3.8, 4) is 6.07 Å². The van der Waals surface area contributed by atoms with Crippen molar-refractivity contribution in [1.82, 2.24) is 10.3 Å². The quantitative estimate of drug-likeness (QED) is 0.882. The molecule has 2 atom stereocenters. The molecule has 0 spiro atoms. The molecule has 2 fully saturated rings. The van der Waals surface area contributed by atoms with Crippen LogP contribution < -0.4 is 10.2 Å². The maximum Gasteiger partial charge on any atom is 0.251 e. The number of amides is 1. The average Bonchev–Trinajstić information content (AvgIpc) is 2.65. The van der Waals surface area contributed by atoms with Gasteiger partial charge in [-0.2, -0.15) is 5.26 Å². The van der Waals surface area contributed by atoms with E-state index in [-0.39, 0.29) is 12.0 Å². The van der Waals surface area contributed by atoms with E-state index in [9.17, 15) is 10.1 Å². The van der Waals surface area contributed by atoms with Gasteiger partial charge in [-0.3, -0.25) is 9.78 Å². The van der Waals surface area contributed by atoms with Gasteiger partial charge in [0.1, 0.15) is 6.07 Å². The van der Waals surface area contributed by atoms with Gasteiger partial charge in [0.05, 0.1) is 36.9 Å². The number of fused-ring (bicyclic) bond motifs is 1. The number of rotatable bonds is 4. The first-order chi connectivity index (χ1) is 13.2. The van der Waals surface area contributed by atoms with E-state index in [1.54, 1.807) is 12.3 Å². The molecule has 4 rings (SSSR count). The number of morpholine rings is 1. The maximum absolute atomic E-state index is 12.6. The van der Waals surface area contributed by atoms with Crippen molar-refractivity contribution < 1.29 is 14.3 Å². The molecule has 140 valence electrons. The van der Waals surface area contributed by atoms with Crippen LogP contribution in [0.5, 0.6) is 0 Å². The molecule has 1 N–H and O–H groups in total. The second-order valence-electron chi connectivity index (χ2n) is 7.13. The topological polar surface area (TPSA) is 87.5 Å². The largest absolute Gasteiger partial charge is 0.381 e. The van der Waals surface area contributed by atoms with Crippen LogP contribution in [0.2, 0.25) is 0 Å². The summed E-state index contributed by atoms with van der Waals surface area (Å²) in [5, 5.41) is 13.2. The Morgan fingerprint density at radius 2 is 2.22 bits per heavy atom. The van der Waals surface area contributed by atoms with Crippen LogP contribution in [-0.2, 0) is 14.3 Å². The lowest BCUT2D eigenvalue weighted by molar-refractivity contribution is -0.138. The summed E-state index contributed by atoms with van der Waals surface area (Å²) in [6.45, 7) is 5.15. The highest BCUT2D eigenvalue weighted by Crippen LogP contribution is 2.30. The van der Waals surface area contributed by atoms with Gasteiger partial charge in [-0.05, 0) is 31.2 Å². The smallest absolute Gasteiger partial charge is 0.251 e. The van der Waals surface area contributed by atoms with Crippen molar-refractivity contribution in [2.24, 2.45) is 5.92 Å². The molecule has 0 saturated carbocycles. The highest BCUT2D eigenvalue weighted by molar-refractivity contribution is 5.95. The predicted octanol–water partition coefficient (Wildman–Crippen LogP) is 1.46. The number of aromatic nitrogens is 1. The first kappa shape index (κ1) is 17.7. The summed E-state index contributed by atoms with van der Waals surface area (Å²) in [6, 6.07) is 9.74. The molecule has 0 aliphatic carbocycles. The molecular weight excluding hydrogens is 344 g/mol. The first-order valence-corrected chi connectivity index (χ1v) is 9.19. The number of benzene rings is 1. The molecular formula is C20H22N4O3. The van der Waals surface area contributed by atoms with Gasteiger partial charge in [-0.15, -0.1) is 0 Å². The average molecular weight is 366 g/mol. The zero-order valence-corrected chi connectivity index (χ0v) is 15.2. The lowest BCUT2D eigenvalue weighted by Crippen LogP contribution is -2.54. The van der Waals surface area contributed by atoms with Gasteiger partial charge in [0.15, 0.2) is 6.10 Å². The summed E-state index contributed by atoms with van der Waals surface area (Å²) in [5.74, 6) is 0.314. The number of hydrogen-bond donors (Lipinski definition) is 1. The fourth-order valence-corrected chi connectivity index (χ4v) is 3.58. The Morgan fingerprint density at radius 3 is 2.96 bits per heavy atom. The van der Waals surface area contributed by atoms with Crippen LogP contribution in [0.3, 0.4) is 0 Å². The van der Waals surface area contributed by atoms with E-state index < -0.39 is 6.10 Å². The van der Waals surface area contributed by atoms with Gasteiger partial charge >= 0.3 is 0 Å². The molecule has 1 amide bonds. The zero-order valence-electron chi connectivity index (χ0n) is 15.2. The minimum atomic E-state index is -0.530. The third-order valence-electron chi connectivity index (χ3n) is 5.03. The standard InChI is InChI=1S/C20H22N4O3/c1-13-9-24(10-18(27-13)20(25)23-8-14-11-26-12-14)17-5-4-15(7-21)19-16(17)3-2-6-22-19/h2-6,13-14,18H,8-12H2,1H3,(H,23,25)/t13-,18-/m1/s1. The van der Waals surface area contributed by atoms with Crippen molar-refractivity contribution >= 4 is 22.5 Å². The monoisotopic (exact) mass is 366 g/mol. The van der Waals surface area contributed by atoms with Crippen LogP contribution in [0.1, 0.15) is 12.5 Å². The molecule has 2 aliphatic rings. The molecule has 2 aliphatic heterocycles. The Bertz CT molecular complexity index is 890. The van der Waals surface area contributed by atoms with E-state index in [1.807, 2.05) is 25.1 Å². The molecule has 7 nitrogen and oxygen atoms in total. The van der Waals surface area contributed by atoms with Gasteiger partial charge in [0.25, 0.3) is 5.91 Å². The highest BCUT2D eigenvalue weighted by atomic mass is 16.5. The summed E-state index contributed by atoms with van der Waals surface area (Å²) in [4.78, 5) is 19.1. The van der Waals surface area contributed by atoms with Crippen LogP contribution in [-0.4, -0.2) is 55.9 Å².